The van der Waals surface area contributed by atoms with Gasteiger partial charge in [-0.3, -0.25) is 0 Å². The van der Waals surface area contributed by atoms with Crippen LogP contribution in [0.25, 0.3) is 0 Å². The van der Waals surface area contributed by atoms with Crippen molar-refractivity contribution >= 4 is 19.7 Å². The van der Waals surface area contributed by atoms with Gasteiger partial charge in [0.1, 0.15) is 0 Å². The Balaban J connectivity index is 3.16. The summed E-state index contributed by atoms with van der Waals surface area (Å²) < 4.78 is 21.3. The third kappa shape index (κ3) is 10.3. The molecule has 0 atom stereocenters. The van der Waals surface area contributed by atoms with Gasteiger partial charge in [0.2, 0.25) is 0 Å². The summed E-state index contributed by atoms with van der Waals surface area (Å²) in [5.41, 5.74) is 0. The molecule has 0 saturated heterocycles. The zero-order valence-corrected chi connectivity index (χ0v) is 8.80. The smallest absolute Gasteiger partial charge is 0.198 e. The van der Waals surface area contributed by atoms with Crippen LogP contribution in [0.2, 0.25) is 0 Å². The standard InChI is InChI=1S/C7H16O2S2/c1-3-4-5-6-7-10-11(2,8)9/h3-7H2,1-2H3. The largest absolute Gasteiger partial charge is 0.218 e. The molecule has 0 amide bonds. The molecule has 0 spiro atoms. The molecular formula is C7H16O2S2. The molecule has 2 nitrogen and oxygen atoms in total. The minimum Gasteiger partial charge on any atom is -0.218 e. The lowest BCUT2D eigenvalue weighted by atomic mass is 10.2. The normalized spacial score (nSPS) is 11.8. The van der Waals surface area contributed by atoms with Gasteiger partial charge in [0.05, 0.1) is 0 Å². The highest BCUT2D eigenvalue weighted by molar-refractivity contribution is 8.71. The van der Waals surface area contributed by atoms with E-state index >= 15 is 0 Å². The van der Waals surface area contributed by atoms with E-state index in [-0.39, 0.29) is 0 Å². The molecule has 0 aliphatic carbocycles. The van der Waals surface area contributed by atoms with Crippen molar-refractivity contribution in [3.63, 3.8) is 0 Å². The first-order chi connectivity index (χ1) is 5.06. The summed E-state index contributed by atoms with van der Waals surface area (Å²) in [6.07, 6.45) is 5.84. The molecule has 68 valence electrons. The average molecular weight is 196 g/mol. The molecule has 0 rings (SSSR count). The predicted molar refractivity (Wildman–Crippen MR) is 51.4 cm³/mol. The van der Waals surface area contributed by atoms with Crippen LogP contribution < -0.4 is 0 Å². The second-order valence-electron chi connectivity index (χ2n) is 2.59. The fourth-order valence-corrected chi connectivity index (χ4v) is 2.63. The maximum Gasteiger partial charge on any atom is 0.198 e. The zero-order chi connectivity index (χ0) is 8.74. The average Bonchev–Trinajstić information content (AvgIpc) is 1.85. The Labute approximate surface area is 73.1 Å². The molecule has 0 saturated carbocycles. The van der Waals surface area contributed by atoms with E-state index in [0.29, 0.717) is 0 Å². The van der Waals surface area contributed by atoms with Gasteiger partial charge in [-0.2, -0.15) is 0 Å². The lowest BCUT2D eigenvalue weighted by Gasteiger charge is -1.97. The van der Waals surface area contributed by atoms with Crippen molar-refractivity contribution in [3.8, 4) is 0 Å². The van der Waals surface area contributed by atoms with Gasteiger partial charge >= 0.3 is 0 Å². The van der Waals surface area contributed by atoms with Crippen molar-refractivity contribution < 1.29 is 8.42 Å². The third-order valence-corrected chi connectivity index (χ3v) is 3.96. The number of unbranched alkanes of at least 4 members (excludes halogenated alkanes) is 3. The molecule has 0 aromatic heterocycles. The minimum absolute atomic E-state index is 0.749. The van der Waals surface area contributed by atoms with Gasteiger partial charge in [-0.1, -0.05) is 26.2 Å². The molecule has 0 aliphatic heterocycles. The molecular weight excluding hydrogens is 180 g/mol. The van der Waals surface area contributed by atoms with Gasteiger partial charge in [-0.05, 0) is 17.2 Å². The number of hydrogen-bond donors (Lipinski definition) is 0. The molecule has 4 heteroatoms. The van der Waals surface area contributed by atoms with Crippen molar-refractivity contribution in [1.29, 1.82) is 0 Å². The summed E-state index contributed by atoms with van der Waals surface area (Å²) >= 11 is 0. The Bertz CT molecular complexity index is 173. The Kier molecular flexibility index (Phi) is 6.05. The van der Waals surface area contributed by atoms with E-state index in [1.54, 1.807) is 0 Å². The van der Waals surface area contributed by atoms with E-state index in [1.165, 1.54) is 19.1 Å². The molecule has 0 radical (unpaired) electrons. The van der Waals surface area contributed by atoms with E-state index in [2.05, 4.69) is 6.92 Å². The minimum atomic E-state index is -2.79. The zero-order valence-electron chi connectivity index (χ0n) is 7.17. The summed E-state index contributed by atoms with van der Waals surface area (Å²) in [4.78, 5) is 0. The molecule has 0 unspecified atom stereocenters. The fourth-order valence-electron chi connectivity index (χ4n) is 0.739. The second kappa shape index (κ2) is 5.89. The summed E-state index contributed by atoms with van der Waals surface area (Å²) in [6.45, 7) is 2.14. The molecule has 11 heavy (non-hydrogen) atoms. The highest BCUT2D eigenvalue weighted by Crippen LogP contribution is 2.12. The van der Waals surface area contributed by atoms with Gasteiger partial charge in [-0.15, -0.1) is 0 Å². The summed E-state index contributed by atoms with van der Waals surface area (Å²) in [5, 5.41) is 0. The van der Waals surface area contributed by atoms with Gasteiger partial charge in [0, 0.05) is 12.0 Å². The van der Waals surface area contributed by atoms with Crippen molar-refractivity contribution in [3.05, 3.63) is 0 Å². The molecule has 0 aromatic carbocycles. The van der Waals surface area contributed by atoms with Crippen LogP contribution in [-0.2, 0) is 8.87 Å². The maximum atomic E-state index is 10.6. The monoisotopic (exact) mass is 196 g/mol. The highest BCUT2D eigenvalue weighted by atomic mass is 33.1. The van der Waals surface area contributed by atoms with Crippen LogP contribution in [0.5, 0.6) is 0 Å². The molecule has 0 aliphatic rings. The first-order valence-electron chi connectivity index (χ1n) is 3.90. The van der Waals surface area contributed by atoms with E-state index in [4.69, 9.17) is 0 Å². The summed E-state index contributed by atoms with van der Waals surface area (Å²) in [6, 6.07) is 0. The molecule has 0 fully saturated rings. The second-order valence-corrected chi connectivity index (χ2v) is 7.16. The highest BCUT2D eigenvalue weighted by Gasteiger charge is 2.00. The maximum absolute atomic E-state index is 10.6. The fraction of sp³-hybridized carbons (Fsp3) is 1.00. The van der Waals surface area contributed by atoms with Crippen molar-refractivity contribution in [2.75, 3.05) is 12.0 Å². The molecule has 0 aromatic rings. The van der Waals surface area contributed by atoms with Crippen LogP contribution in [0.15, 0.2) is 0 Å². The van der Waals surface area contributed by atoms with Crippen LogP contribution in [0.1, 0.15) is 32.6 Å². The molecule has 0 heterocycles. The Morgan fingerprint density at radius 2 is 1.82 bits per heavy atom. The van der Waals surface area contributed by atoms with E-state index < -0.39 is 8.87 Å². The lowest BCUT2D eigenvalue weighted by Crippen LogP contribution is -1.90. The van der Waals surface area contributed by atoms with Crippen molar-refractivity contribution in [1.82, 2.24) is 0 Å². The van der Waals surface area contributed by atoms with E-state index in [0.717, 1.165) is 29.4 Å². The van der Waals surface area contributed by atoms with Crippen LogP contribution in [0, 0.1) is 0 Å². The van der Waals surface area contributed by atoms with Crippen molar-refractivity contribution in [2.24, 2.45) is 0 Å². The summed E-state index contributed by atoms with van der Waals surface area (Å²) in [5.74, 6) is 0.749. The first-order valence-corrected chi connectivity index (χ1v) is 7.30. The Morgan fingerprint density at radius 1 is 1.18 bits per heavy atom. The van der Waals surface area contributed by atoms with Crippen LogP contribution >= 0.6 is 10.8 Å². The quantitative estimate of drug-likeness (QED) is 0.483. The summed E-state index contributed by atoms with van der Waals surface area (Å²) in [7, 11) is -1.74. The van der Waals surface area contributed by atoms with E-state index in [9.17, 15) is 8.42 Å². The van der Waals surface area contributed by atoms with Gasteiger partial charge in [-0.25, -0.2) is 8.42 Å². The Hall–Kier alpha value is 0.300. The predicted octanol–water partition coefficient (Wildman–Crippen LogP) is 2.26. The van der Waals surface area contributed by atoms with Crippen molar-refractivity contribution in [2.45, 2.75) is 32.6 Å². The molecule has 0 N–H and O–H groups in total. The SMILES string of the molecule is CCCCCCSS(C)(=O)=O. The number of hydrogen-bond acceptors (Lipinski definition) is 3. The lowest BCUT2D eigenvalue weighted by molar-refractivity contribution is 0.615. The third-order valence-electron chi connectivity index (χ3n) is 1.30. The number of rotatable bonds is 6. The Morgan fingerprint density at radius 3 is 2.27 bits per heavy atom. The van der Waals surface area contributed by atoms with Gasteiger partial charge in [0.15, 0.2) is 8.87 Å². The topological polar surface area (TPSA) is 34.1 Å². The van der Waals surface area contributed by atoms with Gasteiger partial charge in [0.25, 0.3) is 0 Å². The van der Waals surface area contributed by atoms with E-state index in [1.807, 2.05) is 0 Å². The first kappa shape index (κ1) is 11.3. The molecule has 0 bridgehead atoms. The van der Waals surface area contributed by atoms with Crippen LogP contribution in [-0.4, -0.2) is 20.4 Å². The van der Waals surface area contributed by atoms with Crippen LogP contribution in [0.3, 0.4) is 0 Å². The van der Waals surface area contributed by atoms with Gasteiger partial charge < -0.3 is 0 Å². The van der Waals surface area contributed by atoms with Crippen LogP contribution in [0.4, 0.5) is 0 Å².